The normalized spacial score (nSPS) is 11.5. The van der Waals surface area contributed by atoms with Crippen molar-refractivity contribution in [2.45, 2.75) is 13.0 Å². The van der Waals surface area contributed by atoms with Crippen molar-refractivity contribution in [3.63, 3.8) is 0 Å². The molecule has 4 N–H and O–H groups in total. The topological polar surface area (TPSA) is 124 Å². The molecule has 0 bridgehead atoms. The number of H-pyrrole nitrogens is 2. The zero-order chi connectivity index (χ0) is 16.1. The summed E-state index contributed by atoms with van der Waals surface area (Å²) in [5, 5.41) is 4.64. The summed E-state index contributed by atoms with van der Waals surface area (Å²) < 4.78 is 0. The van der Waals surface area contributed by atoms with Crippen molar-refractivity contribution in [2.75, 3.05) is 5.32 Å². The third-order valence-electron chi connectivity index (χ3n) is 2.92. The van der Waals surface area contributed by atoms with Crippen LogP contribution >= 0.6 is 0 Å². The minimum absolute atomic E-state index is 0.216. The fourth-order valence-electron chi connectivity index (χ4n) is 1.77. The molecule has 1 heterocycles. The molecule has 8 heteroatoms. The van der Waals surface area contributed by atoms with E-state index in [-0.39, 0.29) is 11.7 Å². The summed E-state index contributed by atoms with van der Waals surface area (Å²) in [5.41, 5.74) is -0.871. The van der Waals surface area contributed by atoms with Crippen LogP contribution in [0.4, 0.5) is 5.69 Å². The zero-order valence-electron chi connectivity index (χ0n) is 11.7. The summed E-state index contributed by atoms with van der Waals surface area (Å²) in [7, 11) is 0. The van der Waals surface area contributed by atoms with Gasteiger partial charge in [-0.25, -0.2) is 4.79 Å². The maximum absolute atomic E-state index is 11.8. The van der Waals surface area contributed by atoms with Gasteiger partial charge < -0.3 is 15.6 Å². The fourth-order valence-corrected chi connectivity index (χ4v) is 1.77. The summed E-state index contributed by atoms with van der Waals surface area (Å²) in [5.74, 6) is -1.89. The molecular formula is C14H14N4O4. The van der Waals surface area contributed by atoms with E-state index in [0.29, 0.717) is 0 Å². The molecule has 0 unspecified atom stereocenters. The Bertz CT molecular complexity index is 794. The van der Waals surface area contributed by atoms with Gasteiger partial charge in [-0.1, -0.05) is 30.3 Å². The Morgan fingerprint density at radius 1 is 1.09 bits per heavy atom. The highest BCUT2D eigenvalue weighted by atomic mass is 16.2. The lowest BCUT2D eigenvalue weighted by Gasteiger charge is -2.13. The van der Waals surface area contributed by atoms with Crippen LogP contribution in [0, 0.1) is 0 Å². The molecule has 0 aliphatic rings. The molecule has 0 saturated heterocycles. The Morgan fingerprint density at radius 2 is 1.77 bits per heavy atom. The van der Waals surface area contributed by atoms with Crippen molar-refractivity contribution in [1.82, 2.24) is 15.3 Å². The largest absolute Gasteiger partial charge is 0.341 e. The molecule has 1 atom stereocenters. The predicted molar refractivity (Wildman–Crippen MR) is 79.3 cm³/mol. The van der Waals surface area contributed by atoms with Gasteiger partial charge in [-0.15, -0.1) is 0 Å². The van der Waals surface area contributed by atoms with E-state index in [4.69, 9.17) is 0 Å². The van der Waals surface area contributed by atoms with Crippen LogP contribution in [0.15, 0.2) is 46.1 Å². The van der Waals surface area contributed by atoms with Crippen LogP contribution in [0.3, 0.4) is 0 Å². The third kappa shape index (κ3) is 3.69. The van der Waals surface area contributed by atoms with E-state index < -0.39 is 23.1 Å². The first-order valence-electron chi connectivity index (χ1n) is 6.46. The lowest BCUT2D eigenvalue weighted by Crippen LogP contribution is -2.38. The number of aromatic nitrogens is 2. The van der Waals surface area contributed by atoms with Crippen molar-refractivity contribution in [2.24, 2.45) is 0 Å². The van der Waals surface area contributed by atoms with Gasteiger partial charge in [0.15, 0.2) is 0 Å². The molecule has 1 aromatic carbocycles. The van der Waals surface area contributed by atoms with Crippen molar-refractivity contribution in [3.05, 3.63) is 62.9 Å². The lowest BCUT2D eigenvalue weighted by molar-refractivity contribution is -0.136. The minimum Gasteiger partial charge on any atom is -0.341 e. The van der Waals surface area contributed by atoms with Crippen LogP contribution in [0.1, 0.15) is 18.5 Å². The second kappa shape index (κ2) is 6.53. The maximum atomic E-state index is 11.8. The quantitative estimate of drug-likeness (QED) is 0.590. The van der Waals surface area contributed by atoms with E-state index in [1.807, 2.05) is 35.3 Å². The van der Waals surface area contributed by atoms with Crippen LogP contribution in [-0.2, 0) is 9.59 Å². The molecule has 2 amide bonds. The summed E-state index contributed by atoms with van der Waals surface area (Å²) >= 11 is 0. The number of carbonyl (C=O) groups excluding carboxylic acids is 2. The van der Waals surface area contributed by atoms with Gasteiger partial charge in [-0.2, -0.15) is 0 Å². The monoisotopic (exact) mass is 302 g/mol. The molecule has 114 valence electrons. The summed E-state index contributed by atoms with van der Waals surface area (Å²) in [6, 6.07) is 8.74. The number of anilines is 1. The number of carbonyl (C=O) groups is 2. The molecule has 2 rings (SSSR count). The molecule has 0 aliphatic carbocycles. The van der Waals surface area contributed by atoms with Crippen LogP contribution < -0.4 is 21.9 Å². The van der Waals surface area contributed by atoms with Crippen LogP contribution in [0.25, 0.3) is 0 Å². The Balaban J connectivity index is 2.02. The van der Waals surface area contributed by atoms with E-state index in [0.717, 1.165) is 11.8 Å². The van der Waals surface area contributed by atoms with Gasteiger partial charge in [-0.05, 0) is 12.5 Å². The molecule has 22 heavy (non-hydrogen) atoms. The van der Waals surface area contributed by atoms with Crippen molar-refractivity contribution in [3.8, 4) is 0 Å². The number of rotatable bonds is 3. The summed E-state index contributed by atoms with van der Waals surface area (Å²) in [6.45, 7) is 1.73. The zero-order valence-corrected chi connectivity index (χ0v) is 11.7. The van der Waals surface area contributed by atoms with Crippen LogP contribution in [0.5, 0.6) is 0 Å². The first kappa shape index (κ1) is 15.2. The van der Waals surface area contributed by atoms with Crippen LogP contribution in [-0.4, -0.2) is 21.8 Å². The molecule has 0 aliphatic heterocycles. The SMILES string of the molecule is C[C@@H](NC(=O)C(=O)Nc1c[nH]c(=O)[nH]c1=O)c1ccccc1. The molecule has 1 aromatic heterocycles. The fraction of sp³-hybridized carbons (Fsp3) is 0.143. The lowest BCUT2D eigenvalue weighted by atomic mass is 10.1. The van der Waals surface area contributed by atoms with E-state index in [1.54, 1.807) is 6.92 Å². The van der Waals surface area contributed by atoms with E-state index in [9.17, 15) is 19.2 Å². The molecule has 0 fully saturated rings. The smallest absolute Gasteiger partial charge is 0.325 e. The van der Waals surface area contributed by atoms with Crippen molar-refractivity contribution >= 4 is 17.5 Å². The molecule has 8 nitrogen and oxygen atoms in total. The number of benzene rings is 1. The maximum Gasteiger partial charge on any atom is 0.325 e. The number of amides is 2. The van der Waals surface area contributed by atoms with Crippen molar-refractivity contribution < 1.29 is 9.59 Å². The van der Waals surface area contributed by atoms with Gasteiger partial charge in [0.2, 0.25) is 0 Å². The van der Waals surface area contributed by atoms with Crippen LogP contribution in [0.2, 0.25) is 0 Å². The molecule has 0 radical (unpaired) electrons. The second-order valence-electron chi connectivity index (χ2n) is 4.55. The molecular weight excluding hydrogens is 288 g/mol. The first-order valence-corrected chi connectivity index (χ1v) is 6.46. The second-order valence-corrected chi connectivity index (χ2v) is 4.55. The Labute approximate surface area is 124 Å². The Morgan fingerprint density at radius 3 is 2.41 bits per heavy atom. The van der Waals surface area contributed by atoms with Gasteiger partial charge >= 0.3 is 17.5 Å². The Hall–Kier alpha value is -3.16. The number of hydrogen-bond donors (Lipinski definition) is 4. The van der Waals surface area contributed by atoms with Gasteiger partial charge in [-0.3, -0.25) is 19.4 Å². The first-order chi connectivity index (χ1) is 10.5. The van der Waals surface area contributed by atoms with Crippen molar-refractivity contribution in [1.29, 1.82) is 0 Å². The summed E-state index contributed by atoms with van der Waals surface area (Å²) in [6.07, 6.45) is 1.02. The standard InChI is InChI=1S/C14H14N4O4/c1-8(9-5-3-2-4-6-9)16-12(20)13(21)17-10-7-15-14(22)18-11(10)19/h2-8H,1H3,(H,16,20)(H,17,21)(H2,15,18,19,22)/t8-/m1/s1. The highest BCUT2D eigenvalue weighted by Crippen LogP contribution is 2.10. The van der Waals surface area contributed by atoms with E-state index in [1.165, 1.54) is 0 Å². The average molecular weight is 302 g/mol. The van der Waals surface area contributed by atoms with Gasteiger partial charge in [0.25, 0.3) is 5.56 Å². The van der Waals surface area contributed by atoms with Gasteiger partial charge in [0, 0.05) is 6.20 Å². The average Bonchev–Trinajstić information content (AvgIpc) is 2.50. The number of aromatic amines is 2. The Kier molecular flexibility index (Phi) is 4.52. The van der Waals surface area contributed by atoms with Gasteiger partial charge in [0.05, 0.1) is 6.04 Å². The molecule has 0 saturated carbocycles. The summed E-state index contributed by atoms with van der Waals surface area (Å²) in [4.78, 5) is 50.0. The van der Waals surface area contributed by atoms with E-state index in [2.05, 4.69) is 15.6 Å². The molecule has 0 spiro atoms. The molecule has 2 aromatic rings. The third-order valence-corrected chi connectivity index (χ3v) is 2.92. The highest BCUT2D eigenvalue weighted by Gasteiger charge is 2.18. The highest BCUT2D eigenvalue weighted by molar-refractivity contribution is 6.39. The van der Waals surface area contributed by atoms with E-state index >= 15 is 0 Å². The predicted octanol–water partition coefficient (Wildman–Crippen LogP) is -0.121. The van der Waals surface area contributed by atoms with Gasteiger partial charge in [0.1, 0.15) is 5.69 Å². The minimum atomic E-state index is -1.000. The number of hydrogen-bond acceptors (Lipinski definition) is 4. The number of nitrogens with one attached hydrogen (secondary N) is 4.